The highest BCUT2D eigenvalue weighted by Crippen LogP contribution is 2.15. The fourth-order valence-electron chi connectivity index (χ4n) is 3.32. The number of carboxylic acids is 1. The second kappa shape index (κ2) is 13.6. The van der Waals surface area contributed by atoms with Gasteiger partial charge in [-0.05, 0) is 84.6 Å². The third-order valence-corrected chi connectivity index (χ3v) is 5.08. The molecule has 4 aromatic carbocycles. The fourth-order valence-corrected chi connectivity index (χ4v) is 3.61. The summed E-state index contributed by atoms with van der Waals surface area (Å²) in [4.78, 5) is 11.0. The number of hydrogen-bond donors (Lipinski definition) is 3. The predicted molar refractivity (Wildman–Crippen MR) is 150 cm³/mol. The molecule has 4 rings (SSSR count). The Bertz CT molecular complexity index is 1370. The molecule has 0 aromatic heterocycles. The molecule has 0 saturated carbocycles. The Balaban J connectivity index is 0.000000208. The van der Waals surface area contributed by atoms with E-state index in [-0.39, 0.29) is 11.4 Å². The molecule has 0 bridgehead atoms. The minimum atomic E-state index is -1.04. The molecule has 6 nitrogen and oxygen atoms in total. The van der Waals surface area contributed by atoms with Gasteiger partial charge >= 0.3 is 5.97 Å². The number of carboxylic acid groups (broad SMARTS) is 1. The minimum Gasteiger partial charge on any atom is -0.478 e. The zero-order valence-electron chi connectivity index (χ0n) is 20.3. The molecule has 0 spiro atoms. The number of hydrogen-bond acceptors (Lipinski definition) is 5. The van der Waals surface area contributed by atoms with Crippen LogP contribution >= 0.6 is 11.6 Å². The lowest BCUT2D eigenvalue weighted by Gasteiger charge is -2.04. The van der Waals surface area contributed by atoms with Crippen LogP contribution in [-0.4, -0.2) is 23.5 Å². The molecular formula is C29H26ClFN4O2. The van der Waals surface area contributed by atoms with Gasteiger partial charge in [-0.2, -0.15) is 10.2 Å². The molecule has 0 unspecified atom stereocenters. The fraction of sp³-hybridized carbons (Fsp3) is 0.0690. The van der Waals surface area contributed by atoms with Gasteiger partial charge in [-0.1, -0.05) is 54.1 Å². The van der Waals surface area contributed by atoms with Crippen LogP contribution in [0.4, 0.5) is 15.8 Å². The van der Waals surface area contributed by atoms with Gasteiger partial charge in [-0.15, -0.1) is 0 Å². The summed E-state index contributed by atoms with van der Waals surface area (Å²) in [6, 6.07) is 26.6. The Morgan fingerprint density at radius 1 is 0.811 bits per heavy atom. The summed E-state index contributed by atoms with van der Waals surface area (Å²) in [5.74, 6) is -1.37. The summed E-state index contributed by atoms with van der Waals surface area (Å²) in [6.07, 6.45) is 3.20. The number of halogens is 2. The molecule has 0 atom stereocenters. The molecule has 0 aliphatic rings. The van der Waals surface area contributed by atoms with Crippen molar-refractivity contribution in [2.75, 3.05) is 10.9 Å². The van der Waals surface area contributed by atoms with Crippen molar-refractivity contribution in [2.24, 2.45) is 10.2 Å². The highest BCUT2D eigenvalue weighted by atomic mass is 35.5. The second-order valence-corrected chi connectivity index (χ2v) is 8.52. The number of anilines is 2. The van der Waals surface area contributed by atoms with Gasteiger partial charge in [0.25, 0.3) is 0 Å². The van der Waals surface area contributed by atoms with Crippen LogP contribution in [0.15, 0.2) is 101 Å². The zero-order chi connectivity index (χ0) is 26.6. The standard InChI is InChI=1S/C15H13FN2O2.C14H13ClN2/c1-10-6-11(8-12(16)7-10)9-17-18-14-5-3-2-4-13(14)15(19)20;1-11-7-12(9-13(15)8-11)10-16-17-14-5-3-2-4-6-14/h2-9,18H,1H3,(H,19,20);2-10,17H,1H3/b17-9-;16-10-. The van der Waals surface area contributed by atoms with Gasteiger partial charge in [0, 0.05) is 5.02 Å². The molecule has 0 fully saturated rings. The Kier molecular flexibility index (Phi) is 9.93. The van der Waals surface area contributed by atoms with Gasteiger partial charge in [0.15, 0.2) is 0 Å². The summed E-state index contributed by atoms with van der Waals surface area (Å²) in [5.41, 5.74) is 10.6. The van der Waals surface area contributed by atoms with Crippen molar-refractivity contribution in [3.63, 3.8) is 0 Å². The summed E-state index contributed by atoms with van der Waals surface area (Å²) < 4.78 is 13.2. The summed E-state index contributed by atoms with van der Waals surface area (Å²) in [7, 11) is 0. The molecule has 4 aromatic rings. The maximum Gasteiger partial charge on any atom is 0.337 e. The minimum absolute atomic E-state index is 0.125. The van der Waals surface area contributed by atoms with Crippen molar-refractivity contribution in [1.82, 2.24) is 0 Å². The SMILES string of the molecule is Cc1cc(Cl)cc(/C=N\Nc2ccccc2)c1.Cc1cc(F)cc(/C=N\Nc2ccccc2C(=O)O)c1. The van der Waals surface area contributed by atoms with Crippen LogP contribution in [0.3, 0.4) is 0 Å². The van der Waals surface area contributed by atoms with Crippen LogP contribution in [0.5, 0.6) is 0 Å². The Morgan fingerprint density at radius 2 is 1.41 bits per heavy atom. The molecule has 3 N–H and O–H groups in total. The van der Waals surface area contributed by atoms with E-state index >= 15 is 0 Å². The molecule has 0 radical (unpaired) electrons. The molecular weight excluding hydrogens is 491 g/mol. The topological polar surface area (TPSA) is 86.1 Å². The molecule has 8 heteroatoms. The first kappa shape index (κ1) is 27.1. The van der Waals surface area contributed by atoms with Gasteiger partial charge in [0.05, 0.1) is 29.4 Å². The normalized spacial score (nSPS) is 10.7. The van der Waals surface area contributed by atoms with Gasteiger partial charge in [-0.3, -0.25) is 10.9 Å². The van der Waals surface area contributed by atoms with Crippen LogP contribution in [-0.2, 0) is 0 Å². The monoisotopic (exact) mass is 516 g/mol. The maximum absolute atomic E-state index is 13.2. The molecule has 37 heavy (non-hydrogen) atoms. The predicted octanol–water partition coefficient (Wildman–Crippen LogP) is 7.37. The Hall–Kier alpha value is -4.49. The first-order chi connectivity index (χ1) is 17.8. The largest absolute Gasteiger partial charge is 0.478 e. The van der Waals surface area contributed by atoms with E-state index < -0.39 is 5.97 Å². The van der Waals surface area contributed by atoms with Crippen molar-refractivity contribution in [3.8, 4) is 0 Å². The van der Waals surface area contributed by atoms with Gasteiger partial charge < -0.3 is 5.11 Å². The molecule has 188 valence electrons. The van der Waals surface area contributed by atoms with Gasteiger partial charge in [0.2, 0.25) is 0 Å². The van der Waals surface area contributed by atoms with E-state index in [4.69, 9.17) is 16.7 Å². The van der Waals surface area contributed by atoms with Crippen molar-refractivity contribution in [2.45, 2.75) is 13.8 Å². The Morgan fingerprint density at radius 3 is 2.05 bits per heavy atom. The van der Waals surface area contributed by atoms with Gasteiger partial charge in [-0.25, -0.2) is 9.18 Å². The first-order valence-corrected chi connectivity index (χ1v) is 11.7. The first-order valence-electron chi connectivity index (χ1n) is 11.3. The smallest absolute Gasteiger partial charge is 0.337 e. The van der Waals surface area contributed by atoms with Crippen molar-refractivity contribution >= 4 is 41.4 Å². The van der Waals surface area contributed by atoms with Crippen LogP contribution < -0.4 is 10.9 Å². The second-order valence-electron chi connectivity index (χ2n) is 8.08. The third kappa shape index (κ3) is 9.23. The molecule has 0 aliphatic heterocycles. The van der Waals surface area contributed by atoms with Gasteiger partial charge in [0.1, 0.15) is 5.82 Å². The molecule has 0 aliphatic carbocycles. The number of para-hydroxylation sites is 2. The van der Waals surface area contributed by atoms with E-state index in [0.29, 0.717) is 11.3 Å². The quantitative estimate of drug-likeness (QED) is 0.177. The van der Waals surface area contributed by atoms with Crippen molar-refractivity contribution < 1.29 is 14.3 Å². The summed E-state index contributed by atoms with van der Waals surface area (Å²) in [6.45, 7) is 3.79. The average Bonchev–Trinajstić information content (AvgIpc) is 2.84. The molecule has 0 saturated heterocycles. The number of carbonyl (C=O) groups is 1. The summed E-state index contributed by atoms with van der Waals surface area (Å²) >= 11 is 5.96. The molecule has 0 heterocycles. The molecule has 0 amide bonds. The van der Waals surface area contributed by atoms with Crippen molar-refractivity contribution in [3.05, 3.63) is 130 Å². The number of aryl methyl sites for hydroxylation is 2. The number of rotatable bonds is 7. The van der Waals surface area contributed by atoms with E-state index in [9.17, 15) is 9.18 Å². The van der Waals surface area contributed by atoms with E-state index in [1.165, 1.54) is 24.4 Å². The number of hydrazone groups is 2. The van der Waals surface area contributed by atoms with E-state index in [0.717, 1.165) is 27.4 Å². The van der Waals surface area contributed by atoms with Crippen LogP contribution in [0, 0.1) is 19.7 Å². The highest BCUT2D eigenvalue weighted by Gasteiger charge is 2.07. The lowest BCUT2D eigenvalue weighted by molar-refractivity contribution is 0.0698. The lowest BCUT2D eigenvalue weighted by Crippen LogP contribution is -2.02. The Labute approximate surface area is 220 Å². The van der Waals surface area contributed by atoms with E-state index in [1.54, 1.807) is 37.4 Å². The zero-order valence-corrected chi connectivity index (χ0v) is 21.1. The van der Waals surface area contributed by atoms with Crippen LogP contribution in [0.1, 0.15) is 32.6 Å². The number of nitrogens with zero attached hydrogens (tertiary/aromatic N) is 2. The number of benzene rings is 4. The number of nitrogens with one attached hydrogen (secondary N) is 2. The van der Waals surface area contributed by atoms with Crippen molar-refractivity contribution in [1.29, 1.82) is 0 Å². The van der Waals surface area contributed by atoms with Crippen LogP contribution in [0.25, 0.3) is 0 Å². The third-order valence-electron chi connectivity index (χ3n) is 4.87. The highest BCUT2D eigenvalue weighted by molar-refractivity contribution is 6.30. The lowest BCUT2D eigenvalue weighted by atomic mass is 10.1. The van der Waals surface area contributed by atoms with E-state index in [2.05, 4.69) is 21.1 Å². The van der Waals surface area contributed by atoms with E-state index in [1.807, 2.05) is 55.5 Å². The van der Waals surface area contributed by atoms with Crippen LogP contribution in [0.2, 0.25) is 5.02 Å². The maximum atomic E-state index is 13.2. The average molecular weight is 517 g/mol. The summed E-state index contributed by atoms with van der Waals surface area (Å²) in [5, 5.41) is 17.8. The number of aromatic carboxylic acids is 1.